The maximum absolute atomic E-state index is 9.00. The van der Waals surface area contributed by atoms with Crippen LogP contribution < -0.4 is 0 Å². The van der Waals surface area contributed by atoms with E-state index in [0.29, 0.717) is 0 Å². The first-order valence-electron chi connectivity index (χ1n) is 9.45. The molecule has 0 amide bonds. The molecular weight excluding hydrogens is 308 g/mol. The number of rotatable bonds is 6. The van der Waals surface area contributed by atoms with E-state index in [-0.39, 0.29) is 0 Å². The van der Waals surface area contributed by atoms with Crippen LogP contribution in [-0.4, -0.2) is 11.1 Å². The van der Waals surface area contributed by atoms with Crippen molar-refractivity contribution in [3.05, 3.63) is 59.2 Å². The van der Waals surface area contributed by atoms with Gasteiger partial charge in [-0.25, -0.2) is 0 Å². The molecule has 1 atom stereocenters. The molecule has 0 heterocycles. The lowest BCUT2D eigenvalue weighted by Gasteiger charge is -2.17. The molecule has 3 rings (SSSR count). The summed E-state index contributed by atoms with van der Waals surface area (Å²) >= 11 is 0. The minimum atomic E-state index is -0.833. The lowest BCUT2D eigenvalue weighted by atomic mass is 9.88. The normalized spacial score (nSPS) is 12.6. The lowest BCUT2D eigenvalue weighted by Crippen LogP contribution is -2.05. The van der Waals surface area contributed by atoms with E-state index in [1.165, 1.54) is 48.8 Å². The minimum absolute atomic E-state index is 0.833. The van der Waals surface area contributed by atoms with Crippen molar-refractivity contribution in [2.24, 2.45) is 5.92 Å². The van der Waals surface area contributed by atoms with Crippen molar-refractivity contribution in [2.75, 3.05) is 0 Å². The summed E-state index contributed by atoms with van der Waals surface area (Å²) in [6.45, 7) is 5.72. The summed E-state index contributed by atoms with van der Waals surface area (Å²) in [5, 5.41) is 7.42. The van der Waals surface area contributed by atoms with Gasteiger partial charge in [0.2, 0.25) is 0 Å². The van der Waals surface area contributed by atoms with Crippen LogP contribution in [0.2, 0.25) is 0 Å². The molecule has 2 heteroatoms. The number of benzene rings is 2. The van der Waals surface area contributed by atoms with Crippen LogP contribution in [0, 0.1) is 5.92 Å². The number of aliphatic carboxylic acids is 1. The second-order valence-electron chi connectivity index (χ2n) is 6.92. The predicted molar refractivity (Wildman–Crippen MR) is 105 cm³/mol. The first-order chi connectivity index (χ1) is 12.1. The van der Waals surface area contributed by atoms with Crippen molar-refractivity contribution < 1.29 is 9.90 Å². The van der Waals surface area contributed by atoms with E-state index >= 15 is 0 Å². The Hall–Kier alpha value is -2.09. The molecule has 0 saturated carbocycles. The van der Waals surface area contributed by atoms with Gasteiger partial charge in [0.1, 0.15) is 0 Å². The summed E-state index contributed by atoms with van der Waals surface area (Å²) in [6, 6.07) is 15.8. The van der Waals surface area contributed by atoms with E-state index in [4.69, 9.17) is 9.90 Å². The predicted octanol–water partition coefficient (Wildman–Crippen LogP) is 6.11. The zero-order valence-electron chi connectivity index (χ0n) is 15.7. The van der Waals surface area contributed by atoms with Gasteiger partial charge in [0, 0.05) is 6.92 Å². The quantitative estimate of drug-likeness (QED) is 0.589. The number of hydrogen-bond donors (Lipinski definition) is 1. The van der Waals surface area contributed by atoms with Gasteiger partial charge in [-0.05, 0) is 46.6 Å². The number of carboxylic acids is 1. The number of carboxylic acid groups (broad SMARTS) is 1. The molecule has 0 spiro atoms. The van der Waals surface area contributed by atoms with Crippen LogP contribution in [0.15, 0.2) is 42.5 Å². The molecule has 134 valence electrons. The molecule has 0 fully saturated rings. The Morgan fingerprint density at radius 3 is 2.44 bits per heavy atom. The van der Waals surface area contributed by atoms with Crippen molar-refractivity contribution in [1.82, 2.24) is 0 Å². The highest BCUT2D eigenvalue weighted by atomic mass is 16.4. The highest BCUT2D eigenvalue weighted by Gasteiger charge is 2.21. The largest absolute Gasteiger partial charge is 0.481 e. The first kappa shape index (κ1) is 19.2. The average molecular weight is 338 g/mol. The second kappa shape index (κ2) is 9.41. The molecule has 0 radical (unpaired) electrons. The highest BCUT2D eigenvalue weighted by Crippen LogP contribution is 2.39. The third kappa shape index (κ3) is 5.19. The maximum atomic E-state index is 9.00. The van der Waals surface area contributed by atoms with E-state index in [2.05, 4.69) is 56.3 Å². The number of fused-ring (bicyclic) bond motifs is 3. The molecule has 0 aromatic heterocycles. The van der Waals surface area contributed by atoms with Gasteiger partial charge < -0.3 is 5.11 Å². The molecule has 0 bridgehead atoms. The molecule has 1 aliphatic carbocycles. The fourth-order valence-electron chi connectivity index (χ4n) is 3.67. The Kier molecular flexibility index (Phi) is 7.24. The van der Waals surface area contributed by atoms with Gasteiger partial charge in [-0.3, -0.25) is 4.79 Å². The third-order valence-electron chi connectivity index (χ3n) is 5.00. The molecule has 0 saturated heterocycles. The van der Waals surface area contributed by atoms with Gasteiger partial charge in [0.25, 0.3) is 5.97 Å². The average Bonchev–Trinajstić information content (AvgIpc) is 2.98. The summed E-state index contributed by atoms with van der Waals surface area (Å²) in [5.74, 6) is 0.0140. The van der Waals surface area contributed by atoms with Gasteiger partial charge in [0.05, 0.1) is 0 Å². The van der Waals surface area contributed by atoms with Crippen molar-refractivity contribution >= 4 is 5.97 Å². The van der Waals surface area contributed by atoms with Crippen LogP contribution in [0.25, 0.3) is 11.1 Å². The maximum Gasteiger partial charge on any atom is 0.300 e. The molecule has 1 aliphatic rings. The molecule has 0 aliphatic heterocycles. The molecule has 2 nitrogen and oxygen atoms in total. The summed E-state index contributed by atoms with van der Waals surface area (Å²) < 4.78 is 0. The highest BCUT2D eigenvalue weighted by molar-refractivity contribution is 5.77. The van der Waals surface area contributed by atoms with Gasteiger partial charge in [-0.1, -0.05) is 82.0 Å². The fraction of sp³-hybridized carbons (Fsp3) is 0.435. The molecule has 2 aromatic carbocycles. The van der Waals surface area contributed by atoms with Crippen molar-refractivity contribution in [1.29, 1.82) is 0 Å². The monoisotopic (exact) mass is 338 g/mol. The topological polar surface area (TPSA) is 37.3 Å². The summed E-state index contributed by atoms with van der Waals surface area (Å²) in [4.78, 5) is 9.00. The second-order valence-corrected chi connectivity index (χ2v) is 6.92. The molecular formula is C23H30O2. The van der Waals surface area contributed by atoms with Crippen LogP contribution >= 0.6 is 0 Å². The van der Waals surface area contributed by atoms with E-state index in [1.54, 1.807) is 11.1 Å². The molecule has 25 heavy (non-hydrogen) atoms. The van der Waals surface area contributed by atoms with Gasteiger partial charge in [0.15, 0.2) is 0 Å². The number of unbranched alkanes of at least 4 members (excludes halogenated alkanes) is 1. The van der Waals surface area contributed by atoms with Crippen molar-refractivity contribution in [3.8, 4) is 11.1 Å². The number of carbonyl (C=O) groups is 1. The molecule has 2 aromatic rings. The van der Waals surface area contributed by atoms with Gasteiger partial charge in [-0.2, -0.15) is 0 Å². The summed E-state index contributed by atoms with van der Waals surface area (Å²) in [5.41, 5.74) is 7.62. The number of hydrogen-bond acceptors (Lipinski definition) is 1. The Bertz CT molecular complexity index is 699. The van der Waals surface area contributed by atoms with Crippen LogP contribution in [0.4, 0.5) is 0 Å². The SMILES string of the molecule is CC(=O)O.CCCCC(CC)Cc1cccc2c1Cc1ccccc1-2. The van der Waals surface area contributed by atoms with Crippen LogP contribution in [0.3, 0.4) is 0 Å². The molecule has 1 unspecified atom stereocenters. The Labute approximate surface area is 151 Å². The Morgan fingerprint density at radius 1 is 1.08 bits per heavy atom. The van der Waals surface area contributed by atoms with Crippen LogP contribution in [0.5, 0.6) is 0 Å². The van der Waals surface area contributed by atoms with Gasteiger partial charge >= 0.3 is 0 Å². The van der Waals surface area contributed by atoms with Gasteiger partial charge in [-0.15, -0.1) is 0 Å². The zero-order chi connectivity index (χ0) is 18.2. The Balaban J connectivity index is 0.000000511. The summed E-state index contributed by atoms with van der Waals surface area (Å²) in [6.07, 6.45) is 7.75. The fourth-order valence-corrected chi connectivity index (χ4v) is 3.67. The van der Waals surface area contributed by atoms with E-state index in [9.17, 15) is 0 Å². The summed E-state index contributed by atoms with van der Waals surface area (Å²) in [7, 11) is 0. The van der Waals surface area contributed by atoms with Crippen LogP contribution in [-0.2, 0) is 17.6 Å². The van der Waals surface area contributed by atoms with E-state index in [0.717, 1.165) is 19.3 Å². The van der Waals surface area contributed by atoms with Crippen LogP contribution in [0.1, 0.15) is 63.1 Å². The third-order valence-corrected chi connectivity index (χ3v) is 5.00. The zero-order valence-corrected chi connectivity index (χ0v) is 15.7. The smallest absolute Gasteiger partial charge is 0.300 e. The molecule has 1 N–H and O–H groups in total. The van der Waals surface area contributed by atoms with Crippen molar-refractivity contribution in [3.63, 3.8) is 0 Å². The van der Waals surface area contributed by atoms with E-state index < -0.39 is 5.97 Å². The van der Waals surface area contributed by atoms with Crippen molar-refractivity contribution in [2.45, 2.75) is 59.3 Å². The lowest BCUT2D eigenvalue weighted by molar-refractivity contribution is -0.134. The first-order valence-corrected chi connectivity index (χ1v) is 9.45. The van der Waals surface area contributed by atoms with E-state index in [1.807, 2.05) is 0 Å². The standard InChI is InChI=1S/C21H26.C2H4O2/c1-3-5-9-16(4-2)14-17-11-8-13-20-19-12-7-6-10-18(19)15-21(17)20;1-2(3)4/h6-8,10-13,16H,3-5,9,14-15H2,1-2H3;1H3,(H,3,4). The minimum Gasteiger partial charge on any atom is -0.481 e. The Morgan fingerprint density at radius 2 is 1.76 bits per heavy atom.